The summed E-state index contributed by atoms with van der Waals surface area (Å²) in [5.41, 5.74) is 0. The van der Waals surface area contributed by atoms with Gasteiger partial charge in [-0.2, -0.15) is 0 Å². The summed E-state index contributed by atoms with van der Waals surface area (Å²) in [7, 11) is 1.44. The Kier molecular flexibility index (Phi) is 1.60. The van der Waals surface area contributed by atoms with E-state index in [-0.39, 0.29) is 18.0 Å². The predicted octanol–water partition coefficient (Wildman–Crippen LogP) is 0.727. The van der Waals surface area contributed by atoms with Crippen molar-refractivity contribution in [2.24, 2.45) is 5.92 Å². The van der Waals surface area contributed by atoms with Crippen LogP contribution in [0.3, 0.4) is 0 Å². The third kappa shape index (κ3) is 1.03. The van der Waals surface area contributed by atoms with Gasteiger partial charge >= 0.3 is 5.97 Å². The fourth-order valence-electron chi connectivity index (χ4n) is 2.04. The zero-order chi connectivity index (χ0) is 7.84. The van der Waals surface area contributed by atoms with Gasteiger partial charge in [-0.05, 0) is 19.3 Å². The van der Waals surface area contributed by atoms with Gasteiger partial charge in [0, 0.05) is 0 Å². The van der Waals surface area contributed by atoms with Crippen LogP contribution in [-0.2, 0) is 14.3 Å². The van der Waals surface area contributed by atoms with Gasteiger partial charge in [0.25, 0.3) is 0 Å². The van der Waals surface area contributed by atoms with Crippen LogP contribution in [0.1, 0.15) is 19.3 Å². The molecule has 11 heavy (non-hydrogen) atoms. The first-order valence-electron chi connectivity index (χ1n) is 4.04. The molecule has 0 aromatic carbocycles. The summed E-state index contributed by atoms with van der Waals surface area (Å²) in [5.74, 6) is -0.0732. The highest BCUT2D eigenvalue weighted by Crippen LogP contribution is 2.39. The molecule has 2 heterocycles. The van der Waals surface area contributed by atoms with E-state index < -0.39 is 0 Å². The molecular weight excluding hydrogens is 144 g/mol. The molecule has 62 valence electrons. The van der Waals surface area contributed by atoms with E-state index in [0.29, 0.717) is 6.10 Å². The van der Waals surface area contributed by atoms with E-state index in [1.165, 1.54) is 7.11 Å². The Morgan fingerprint density at radius 1 is 1.55 bits per heavy atom. The van der Waals surface area contributed by atoms with Crippen LogP contribution in [0.2, 0.25) is 0 Å². The largest absolute Gasteiger partial charge is 0.469 e. The van der Waals surface area contributed by atoms with Crippen molar-refractivity contribution < 1.29 is 14.3 Å². The van der Waals surface area contributed by atoms with Crippen LogP contribution < -0.4 is 0 Å². The normalized spacial score (nSPS) is 41.0. The maximum Gasteiger partial charge on any atom is 0.311 e. The van der Waals surface area contributed by atoms with Crippen molar-refractivity contribution in [3.05, 3.63) is 0 Å². The minimum absolute atomic E-state index is 0.0266. The molecule has 2 fully saturated rings. The number of hydrogen-bond acceptors (Lipinski definition) is 3. The molecule has 0 aliphatic carbocycles. The Morgan fingerprint density at radius 2 is 2.36 bits per heavy atom. The van der Waals surface area contributed by atoms with Crippen LogP contribution in [0.25, 0.3) is 0 Å². The Morgan fingerprint density at radius 3 is 2.82 bits per heavy atom. The van der Waals surface area contributed by atoms with Crippen molar-refractivity contribution in [3.8, 4) is 0 Å². The maximum absolute atomic E-state index is 11.1. The first-order valence-corrected chi connectivity index (χ1v) is 4.04. The van der Waals surface area contributed by atoms with Crippen molar-refractivity contribution in [1.82, 2.24) is 0 Å². The maximum atomic E-state index is 11.1. The van der Waals surface area contributed by atoms with Gasteiger partial charge in [-0.15, -0.1) is 0 Å². The number of hydrogen-bond donors (Lipinski definition) is 0. The number of carbonyl (C=O) groups excluding carboxylic acids is 1. The first kappa shape index (κ1) is 7.10. The molecule has 2 rings (SSSR count). The lowest BCUT2D eigenvalue weighted by Crippen LogP contribution is -2.26. The van der Waals surface area contributed by atoms with Gasteiger partial charge in [0.15, 0.2) is 0 Å². The molecule has 0 N–H and O–H groups in total. The molecule has 0 aromatic rings. The summed E-state index contributed by atoms with van der Waals surface area (Å²) < 4.78 is 10.2. The summed E-state index contributed by atoms with van der Waals surface area (Å²) >= 11 is 0. The minimum atomic E-state index is -0.0998. The molecule has 2 bridgehead atoms. The Balaban J connectivity index is 2.02. The van der Waals surface area contributed by atoms with Gasteiger partial charge in [-0.1, -0.05) is 0 Å². The van der Waals surface area contributed by atoms with Crippen molar-refractivity contribution in [1.29, 1.82) is 0 Å². The van der Waals surface area contributed by atoms with Crippen molar-refractivity contribution in [2.45, 2.75) is 31.5 Å². The fourth-order valence-corrected chi connectivity index (χ4v) is 2.04. The van der Waals surface area contributed by atoms with Crippen LogP contribution in [0.5, 0.6) is 0 Å². The van der Waals surface area contributed by atoms with Gasteiger partial charge < -0.3 is 9.47 Å². The van der Waals surface area contributed by atoms with Crippen LogP contribution in [-0.4, -0.2) is 25.3 Å². The standard InChI is InChI=1S/C8H12O3/c1-10-8(9)6-4-5-2-3-7(6)11-5/h5-7H,2-4H2,1H3/t5-,6+,7-/m0/s1. The topological polar surface area (TPSA) is 35.5 Å². The van der Waals surface area contributed by atoms with Gasteiger partial charge in [-0.25, -0.2) is 0 Å². The predicted molar refractivity (Wildman–Crippen MR) is 38.0 cm³/mol. The molecule has 0 spiro atoms. The third-order valence-electron chi connectivity index (χ3n) is 2.61. The van der Waals surface area contributed by atoms with Crippen LogP contribution in [0.4, 0.5) is 0 Å². The molecule has 2 saturated heterocycles. The van der Waals surface area contributed by atoms with E-state index in [1.54, 1.807) is 0 Å². The molecule has 3 atom stereocenters. The van der Waals surface area contributed by atoms with Crippen molar-refractivity contribution >= 4 is 5.97 Å². The van der Waals surface area contributed by atoms with E-state index in [4.69, 9.17) is 4.74 Å². The summed E-state index contributed by atoms with van der Waals surface area (Å²) in [4.78, 5) is 11.1. The van der Waals surface area contributed by atoms with E-state index in [2.05, 4.69) is 4.74 Å². The number of ether oxygens (including phenoxy) is 2. The Labute approximate surface area is 65.7 Å². The van der Waals surface area contributed by atoms with E-state index in [0.717, 1.165) is 19.3 Å². The smallest absolute Gasteiger partial charge is 0.311 e. The van der Waals surface area contributed by atoms with Crippen molar-refractivity contribution in [2.75, 3.05) is 7.11 Å². The average Bonchev–Trinajstić information content (AvgIpc) is 2.62. The number of carbonyl (C=O) groups is 1. The third-order valence-corrected chi connectivity index (χ3v) is 2.61. The lowest BCUT2D eigenvalue weighted by Gasteiger charge is -2.14. The van der Waals surface area contributed by atoms with Gasteiger partial charge in [0.1, 0.15) is 0 Å². The molecule has 0 saturated carbocycles. The summed E-state index contributed by atoms with van der Waals surface area (Å²) in [6.07, 6.45) is 3.52. The molecule has 3 heteroatoms. The second-order valence-electron chi connectivity index (χ2n) is 3.24. The van der Waals surface area contributed by atoms with Gasteiger partial charge in [0.2, 0.25) is 0 Å². The highest BCUT2D eigenvalue weighted by Gasteiger charge is 2.44. The summed E-state index contributed by atoms with van der Waals surface area (Å²) in [6, 6.07) is 0. The first-order chi connectivity index (χ1) is 5.31. The van der Waals surface area contributed by atoms with Crippen LogP contribution >= 0.6 is 0 Å². The molecule has 0 radical (unpaired) electrons. The molecule has 2 aliphatic rings. The molecule has 2 aliphatic heterocycles. The van der Waals surface area contributed by atoms with Crippen LogP contribution in [0.15, 0.2) is 0 Å². The zero-order valence-electron chi connectivity index (χ0n) is 6.58. The second-order valence-corrected chi connectivity index (χ2v) is 3.24. The molecule has 3 nitrogen and oxygen atoms in total. The summed E-state index contributed by atoms with van der Waals surface area (Å²) in [5, 5.41) is 0. The Bertz CT molecular complexity index is 178. The van der Waals surface area contributed by atoms with E-state index in [9.17, 15) is 4.79 Å². The lowest BCUT2D eigenvalue weighted by molar-refractivity contribution is -0.147. The number of esters is 1. The minimum Gasteiger partial charge on any atom is -0.469 e. The monoisotopic (exact) mass is 156 g/mol. The highest BCUT2D eigenvalue weighted by atomic mass is 16.5. The number of rotatable bonds is 1. The second kappa shape index (κ2) is 2.48. The fraction of sp³-hybridized carbons (Fsp3) is 0.875. The zero-order valence-corrected chi connectivity index (χ0v) is 6.58. The quantitative estimate of drug-likeness (QED) is 0.525. The molecular formula is C8H12O3. The SMILES string of the molecule is COC(=O)[C@@H]1C[C@@H]2CC[C@@H]1O2. The number of methoxy groups -OCH3 is 1. The van der Waals surface area contributed by atoms with Gasteiger partial charge in [-0.3, -0.25) is 4.79 Å². The lowest BCUT2D eigenvalue weighted by atomic mass is 9.89. The highest BCUT2D eigenvalue weighted by molar-refractivity contribution is 5.73. The molecule has 0 aromatic heterocycles. The van der Waals surface area contributed by atoms with E-state index in [1.807, 2.05) is 0 Å². The number of fused-ring (bicyclic) bond motifs is 2. The average molecular weight is 156 g/mol. The molecule has 0 amide bonds. The summed E-state index contributed by atoms with van der Waals surface area (Å²) in [6.45, 7) is 0. The molecule has 0 unspecified atom stereocenters. The van der Waals surface area contributed by atoms with Crippen LogP contribution in [0, 0.1) is 5.92 Å². The van der Waals surface area contributed by atoms with Gasteiger partial charge in [0.05, 0.1) is 25.2 Å². The van der Waals surface area contributed by atoms with E-state index >= 15 is 0 Å². The Hall–Kier alpha value is -0.570. The van der Waals surface area contributed by atoms with Crippen molar-refractivity contribution in [3.63, 3.8) is 0 Å².